The lowest BCUT2D eigenvalue weighted by Gasteiger charge is -2.27. The first-order valence-electron chi connectivity index (χ1n) is 9.66. The summed E-state index contributed by atoms with van der Waals surface area (Å²) >= 11 is 0. The molecule has 0 spiro atoms. The van der Waals surface area contributed by atoms with Crippen molar-refractivity contribution < 1.29 is 44.4 Å². The van der Waals surface area contributed by atoms with E-state index in [1.165, 1.54) is 0 Å². The predicted molar refractivity (Wildman–Crippen MR) is 106 cm³/mol. The van der Waals surface area contributed by atoms with Gasteiger partial charge in [-0.25, -0.2) is 4.79 Å². The predicted octanol–water partition coefficient (Wildman–Crippen LogP) is -2.86. The largest absolute Gasteiger partial charge is 0.481 e. The number of aliphatic hydroxyl groups is 2. The van der Waals surface area contributed by atoms with Crippen LogP contribution in [0.25, 0.3) is 0 Å². The summed E-state index contributed by atoms with van der Waals surface area (Å²) < 4.78 is 0. The van der Waals surface area contributed by atoms with Crippen molar-refractivity contribution in [3.8, 4) is 0 Å². The van der Waals surface area contributed by atoms with E-state index >= 15 is 0 Å². The number of aliphatic hydroxyl groups excluding tert-OH is 2. The zero-order valence-electron chi connectivity index (χ0n) is 17.9. The van der Waals surface area contributed by atoms with E-state index < -0.39 is 72.5 Å². The zero-order valence-corrected chi connectivity index (χ0v) is 17.9. The molecule has 6 atom stereocenters. The van der Waals surface area contributed by atoms with Gasteiger partial charge in [0.15, 0.2) is 6.04 Å². The summed E-state index contributed by atoms with van der Waals surface area (Å²) in [5.74, 6) is -5.82. The molecule has 13 nitrogen and oxygen atoms in total. The minimum Gasteiger partial charge on any atom is -0.481 e. The molecule has 0 aliphatic carbocycles. The number of hydrogen-bond donors (Lipinski definition) is 8. The normalized spacial score (nSPS) is 16.9. The van der Waals surface area contributed by atoms with E-state index in [1.54, 1.807) is 13.8 Å². The molecule has 6 unspecified atom stereocenters. The number of aliphatic carboxylic acids is 2. The quantitative estimate of drug-likeness (QED) is 0.144. The van der Waals surface area contributed by atoms with Crippen molar-refractivity contribution in [1.82, 2.24) is 16.0 Å². The molecule has 178 valence electrons. The second kappa shape index (κ2) is 12.8. The van der Waals surface area contributed by atoms with Gasteiger partial charge in [0, 0.05) is 6.42 Å². The third-order valence-corrected chi connectivity index (χ3v) is 4.41. The van der Waals surface area contributed by atoms with E-state index in [9.17, 15) is 34.2 Å². The maximum atomic E-state index is 12.6. The molecule has 3 amide bonds. The van der Waals surface area contributed by atoms with Crippen LogP contribution in [-0.2, 0) is 24.0 Å². The molecule has 0 aromatic carbocycles. The van der Waals surface area contributed by atoms with Gasteiger partial charge in [-0.2, -0.15) is 0 Å². The molecule has 0 aromatic rings. The van der Waals surface area contributed by atoms with Crippen LogP contribution in [0.1, 0.15) is 40.5 Å². The van der Waals surface area contributed by atoms with E-state index in [-0.39, 0.29) is 12.3 Å². The maximum Gasteiger partial charge on any atom is 0.328 e. The van der Waals surface area contributed by atoms with Crippen LogP contribution in [0, 0.1) is 5.92 Å². The van der Waals surface area contributed by atoms with E-state index in [0.29, 0.717) is 0 Å². The highest BCUT2D eigenvalue weighted by molar-refractivity contribution is 5.94. The smallest absolute Gasteiger partial charge is 0.328 e. The third-order valence-electron chi connectivity index (χ3n) is 4.41. The molecule has 0 saturated heterocycles. The molecule has 0 fully saturated rings. The van der Waals surface area contributed by atoms with Crippen molar-refractivity contribution in [1.29, 1.82) is 0 Å². The van der Waals surface area contributed by atoms with Crippen LogP contribution in [0.5, 0.6) is 0 Å². The number of nitrogens with two attached hydrogens (primary N) is 1. The Morgan fingerprint density at radius 2 is 1.26 bits per heavy atom. The van der Waals surface area contributed by atoms with E-state index in [0.717, 1.165) is 13.8 Å². The number of carbonyl (C=O) groups is 5. The van der Waals surface area contributed by atoms with Gasteiger partial charge >= 0.3 is 11.9 Å². The number of carbonyl (C=O) groups excluding carboxylic acids is 3. The fraction of sp³-hybridized carbons (Fsp3) is 0.722. The summed E-state index contributed by atoms with van der Waals surface area (Å²) in [6.45, 7) is 5.63. The van der Waals surface area contributed by atoms with Gasteiger partial charge in [0.1, 0.15) is 12.1 Å². The van der Waals surface area contributed by atoms with Gasteiger partial charge in [0.05, 0.1) is 18.2 Å². The molecule has 31 heavy (non-hydrogen) atoms. The van der Waals surface area contributed by atoms with Crippen molar-refractivity contribution in [2.24, 2.45) is 11.7 Å². The number of rotatable bonds is 13. The van der Waals surface area contributed by atoms with E-state index in [4.69, 9.17) is 15.9 Å². The molecule has 0 aromatic heterocycles. The molecule has 9 N–H and O–H groups in total. The minimum absolute atomic E-state index is 0.271. The van der Waals surface area contributed by atoms with Crippen LogP contribution in [0.15, 0.2) is 0 Å². The van der Waals surface area contributed by atoms with Gasteiger partial charge < -0.3 is 42.1 Å². The number of hydrogen-bond acceptors (Lipinski definition) is 8. The molecule has 0 aliphatic rings. The number of carboxylic acids is 2. The highest BCUT2D eigenvalue weighted by Crippen LogP contribution is 2.05. The number of carboxylic acid groups (broad SMARTS) is 2. The number of nitrogens with one attached hydrogen (secondary N) is 3. The van der Waals surface area contributed by atoms with Crippen LogP contribution in [-0.4, -0.2) is 86.5 Å². The fourth-order valence-electron chi connectivity index (χ4n) is 2.40. The van der Waals surface area contributed by atoms with Crippen LogP contribution < -0.4 is 21.7 Å². The van der Waals surface area contributed by atoms with Crippen LogP contribution in [0.4, 0.5) is 0 Å². The number of amides is 3. The van der Waals surface area contributed by atoms with Crippen molar-refractivity contribution >= 4 is 29.7 Å². The first-order valence-corrected chi connectivity index (χ1v) is 9.66. The highest BCUT2D eigenvalue weighted by atomic mass is 16.4. The highest BCUT2D eigenvalue weighted by Gasteiger charge is 2.34. The standard InChI is InChI=1S/C18H32N4O9/c1-7(2)12(19)16(28)20-10(5-6-11(25)26)15(27)21-13(8(3)23)17(29)22-14(9(4)24)18(30)31/h7-10,12-14,23-24H,5-6,19H2,1-4H3,(H,20,28)(H,21,27)(H,22,29)(H,25,26)(H,30,31). The van der Waals surface area contributed by atoms with Crippen molar-refractivity contribution in [2.75, 3.05) is 0 Å². The van der Waals surface area contributed by atoms with Crippen molar-refractivity contribution in [3.05, 3.63) is 0 Å². The Kier molecular flexibility index (Phi) is 11.7. The van der Waals surface area contributed by atoms with E-state index in [1.807, 2.05) is 5.32 Å². The molecule has 0 saturated carbocycles. The third kappa shape index (κ3) is 9.72. The topological polar surface area (TPSA) is 228 Å². The van der Waals surface area contributed by atoms with Crippen LogP contribution >= 0.6 is 0 Å². The molecule has 0 rings (SSSR count). The SMILES string of the molecule is CC(C)C(N)C(=O)NC(CCC(=O)O)C(=O)NC(C(=O)NC(C(=O)O)C(C)O)C(C)O. The van der Waals surface area contributed by atoms with Crippen molar-refractivity contribution in [3.63, 3.8) is 0 Å². The summed E-state index contributed by atoms with van der Waals surface area (Å²) in [7, 11) is 0. The van der Waals surface area contributed by atoms with Crippen LogP contribution in [0.2, 0.25) is 0 Å². The summed E-state index contributed by atoms with van der Waals surface area (Å²) in [5.41, 5.74) is 5.73. The van der Waals surface area contributed by atoms with Gasteiger partial charge in [-0.05, 0) is 26.2 Å². The summed E-state index contributed by atoms with van der Waals surface area (Å²) in [5, 5.41) is 43.8. The van der Waals surface area contributed by atoms with Gasteiger partial charge in [-0.15, -0.1) is 0 Å². The summed E-state index contributed by atoms with van der Waals surface area (Å²) in [4.78, 5) is 59.3. The fourth-order valence-corrected chi connectivity index (χ4v) is 2.40. The average Bonchev–Trinajstić information content (AvgIpc) is 2.64. The Bertz CT molecular complexity index is 666. The Balaban J connectivity index is 5.49. The molecule has 0 bridgehead atoms. The molecule has 0 aliphatic heterocycles. The second-order valence-corrected chi connectivity index (χ2v) is 7.56. The Labute approximate surface area is 179 Å². The minimum atomic E-state index is -1.70. The first-order chi connectivity index (χ1) is 14.2. The van der Waals surface area contributed by atoms with Crippen molar-refractivity contribution in [2.45, 2.75) is 76.9 Å². The molecule has 0 radical (unpaired) electrons. The van der Waals surface area contributed by atoms with Gasteiger partial charge in [-0.3, -0.25) is 19.2 Å². The van der Waals surface area contributed by atoms with Gasteiger partial charge in [0.25, 0.3) is 0 Å². The lowest BCUT2D eigenvalue weighted by Crippen LogP contribution is -2.61. The first kappa shape index (κ1) is 28.2. The Morgan fingerprint density at radius 1 is 0.774 bits per heavy atom. The summed E-state index contributed by atoms with van der Waals surface area (Å²) in [6.07, 6.45) is -3.76. The van der Waals surface area contributed by atoms with Crippen LogP contribution in [0.3, 0.4) is 0 Å². The van der Waals surface area contributed by atoms with E-state index in [2.05, 4.69) is 10.6 Å². The Morgan fingerprint density at radius 3 is 1.65 bits per heavy atom. The molecular weight excluding hydrogens is 416 g/mol. The Hall–Kier alpha value is -2.77. The molecule has 0 heterocycles. The summed E-state index contributed by atoms with van der Waals surface area (Å²) in [6, 6.07) is -5.69. The molecule has 13 heteroatoms. The lowest BCUT2D eigenvalue weighted by atomic mass is 10.0. The maximum absolute atomic E-state index is 12.6. The monoisotopic (exact) mass is 448 g/mol. The zero-order chi connectivity index (χ0) is 24.5. The van der Waals surface area contributed by atoms with Gasteiger partial charge in [0.2, 0.25) is 17.7 Å². The average molecular weight is 448 g/mol. The molecular formula is C18H32N4O9. The lowest BCUT2D eigenvalue weighted by molar-refractivity contribution is -0.146. The van der Waals surface area contributed by atoms with Gasteiger partial charge in [-0.1, -0.05) is 13.8 Å². The second-order valence-electron chi connectivity index (χ2n) is 7.56.